The highest BCUT2D eigenvalue weighted by Crippen LogP contribution is 2.42. The minimum Gasteiger partial charge on any atom is -0.360 e. The fourth-order valence-corrected chi connectivity index (χ4v) is 8.59. The Morgan fingerprint density at radius 3 is 0.380 bits per heavy atom. The van der Waals surface area contributed by atoms with E-state index in [1.54, 1.807) is 7.05 Å². The molecule has 0 radical (unpaired) electrons. The Balaban J connectivity index is 0.00000366. The highest BCUT2D eigenvalue weighted by Gasteiger charge is 2.52. The molecule has 0 unspecified atom stereocenters. The van der Waals surface area contributed by atoms with Crippen molar-refractivity contribution in [2.75, 3.05) is 7.05 Å². The Morgan fingerprint density at radius 1 is 0.155 bits per heavy atom. The zero-order valence-electron chi connectivity index (χ0n) is 32.9. The number of hydrogen-bond donors (Lipinski definition) is 1. The van der Waals surface area contributed by atoms with E-state index in [-0.39, 0.29) is 0 Å². The van der Waals surface area contributed by atoms with Gasteiger partial charge >= 0.3 is 0 Å². The van der Waals surface area contributed by atoms with Crippen molar-refractivity contribution in [2.45, 2.75) is 0 Å². The molecule has 0 heterocycles. The zero-order chi connectivity index (χ0) is 53.6. The maximum Gasteiger partial charge on any atom is 0.198 e. The zero-order valence-corrected chi connectivity index (χ0v) is 32.9. The van der Waals surface area contributed by atoms with Gasteiger partial charge in [-0.3, -0.25) is 0 Å². The monoisotopic (exact) mass is 1060 g/mol. The number of quaternary nitrogens is 1. The highest BCUT2D eigenvalue weighted by molar-refractivity contribution is 7.23. The molecule has 0 fully saturated rings. The number of benzene rings is 8. The third-order valence-corrected chi connectivity index (χ3v) is 11.2. The molecular formula is C41H6BF28N. The fraction of sp³-hybridized carbons (Fsp3) is 0.0244. The van der Waals surface area contributed by atoms with Gasteiger partial charge < -0.3 is 5.73 Å². The van der Waals surface area contributed by atoms with Crippen LogP contribution in [-0.4, -0.2) is 13.2 Å². The van der Waals surface area contributed by atoms with Crippen molar-refractivity contribution in [2.24, 2.45) is 0 Å². The average molecular weight is 1060 g/mol. The Bertz CT molecular complexity index is 3260. The summed E-state index contributed by atoms with van der Waals surface area (Å²) in [5.41, 5.74) is -12.2. The second kappa shape index (κ2) is 17.0. The van der Waals surface area contributed by atoms with E-state index in [4.69, 9.17) is 0 Å². The van der Waals surface area contributed by atoms with E-state index in [0.717, 1.165) is 0 Å². The second-order valence-electron chi connectivity index (χ2n) is 14.3. The van der Waals surface area contributed by atoms with Crippen LogP contribution in [0.2, 0.25) is 0 Å². The number of fused-ring (bicyclic) bond motifs is 4. The van der Waals surface area contributed by atoms with E-state index in [1.807, 2.05) is 0 Å². The third-order valence-electron chi connectivity index (χ3n) is 11.2. The number of hydrogen-bond acceptors (Lipinski definition) is 0. The van der Waals surface area contributed by atoms with Crippen molar-refractivity contribution in [3.8, 4) is 0 Å². The first kappa shape index (κ1) is 51.7. The first-order chi connectivity index (χ1) is 33.0. The Labute approximate surface area is 369 Å². The summed E-state index contributed by atoms with van der Waals surface area (Å²) < 4.78 is 446. The molecule has 8 aromatic carbocycles. The molecule has 71 heavy (non-hydrogen) atoms. The molecule has 0 bridgehead atoms. The lowest BCUT2D eigenvalue weighted by atomic mass is 9.11. The molecule has 0 spiro atoms. The largest absolute Gasteiger partial charge is 0.360 e. The van der Waals surface area contributed by atoms with Crippen molar-refractivity contribution in [1.29, 1.82) is 0 Å². The average Bonchev–Trinajstić information content (AvgIpc) is 3.34. The van der Waals surface area contributed by atoms with Gasteiger partial charge in [-0.15, -0.1) is 21.9 Å². The molecule has 3 N–H and O–H groups in total. The highest BCUT2D eigenvalue weighted by atomic mass is 19.2. The van der Waals surface area contributed by atoms with Gasteiger partial charge in [0.2, 0.25) is 0 Å². The standard InChI is InChI=1S/C40BF28.CH5N/c42-13-1-5(21(50)37(66)33(13)62)17(46)29(58)25(54)9(1)41(10-2-6(18(47)30(59)26(10)55)22(51)38(67)34(63)14(2)43,11-3-7(19(48)31(60)27(11)56)23(52)39(68)35(64)15(3)44)12-4-8(20(49)32(61)28(12)57)24(53)40(69)36(65)16(4)45;1-2/h;2H2,1H3/q-1;/p+1. The molecule has 0 saturated heterocycles. The molecule has 8 aromatic rings. The van der Waals surface area contributed by atoms with Gasteiger partial charge in [-0.1, -0.05) is 0 Å². The van der Waals surface area contributed by atoms with Crippen LogP contribution in [0, 0.1) is 163 Å². The third kappa shape index (κ3) is 6.26. The molecule has 30 heteroatoms. The minimum absolute atomic E-state index is 1.75. The van der Waals surface area contributed by atoms with Crippen LogP contribution in [0.15, 0.2) is 0 Å². The van der Waals surface area contributed by atoms with Crippen molar-refractivity contribution in [3.05, 3.63) is 163 Å². The van der Waals surface area contributed by atoms with Gasteiger partial charge in [-0.05, 0) is 21.5 Å². The van der Waals surface area contributed by atoms with Crippen LogP contribution in [0.5, 0.6) is 0 Å². The maximum absolute atomic E-state index is 17.3. The van der Waals surface area contributed by atoms with E-state index in [0.29, 0.717) is 0 Å². The first-order valence-corrected chi connectivity index (χ1v) is 18.2. The molecule has 0 aromatic heterocycles. The van der Waals surface area contributed by atoms with E-state index in [2.05, 4.69) is 5.73 Å². The summed E-state index contributed by atoms with van der Waals surface area (Å²) in [6, 6.07) is 0. The lowest BCUT2D eigenvalue weighted by Gasteiger charge is -2.47. The van der Waals surface area contributed by atoms with Crippen LogP contribution in [0.3, 0.4) is 0 Å². The molecule has 0 amide bonds. The van der Waals surface area contributed by atoms with Crippen LogP contribution in [0.4, 0.5) is 123 Å². The van der Waals surface area contributed by atoms with E-state index < -0.39 is 234 Å². The van der Waals surface area contributed by atoms with Crippen molar-refractivity contribution in [1.82, 2.24) is 0 Å². The molecule has 0 saturated carbocycles. The van der Waals surface area contributed by atoms with Gasteiger partial charge in [0, 0.05) is 0 Å². The number of halogens is 28. The summed E-state index contributed by atoms with van der Waals surface area (Å²) >= 11 is 0. The van der Waals surface area contributed by atoms with Crippen molar-refractivity contribution >= 4 is 71.1 Å². The van der Waals surface area contributed by atoms with Crippen LogP contribution < -0.4 is 27.6 Å². The summed E-state index contributed by atoms with van der Waals surface area (Å²) in [7, 11) is 1.75. The molecule has 0 aliphatic heterocycles. The predicted molar refractivity (Wildman–Crippen MR) is 188 cm³/mol. The smallest absolute Gasteiger partial charge is 0.198 e. The fourth-order valence-electron chi connectivity index (χ4n) is 8.59. The molecule has 0 aliphatic carbocycles. The van der Waals surface area contributed by atoms with Crippen LogP contribution in [-0.2, 0) is 0 Å². The molecule has 8 rings (SSSR count). The number of rotatable bonds is 4. The van der Waals surface area contributed by atoms with Crippen molar-refractivity contribution < 1.29 is 129 Å². The second-order valence-corrected chi connectivity index (χ2v) is 14.3. The van der Waals surface area contributed by atoms with Crippen LogP contribution in [0.25, 0.3) is 43.1 Å². The van der Waals surface area contributed by atoms with Crippen LogP contribution >= 0.6 is 0 Å². The molecular weight excluding hydrogens is 1050 g/mol. The lowest BCUT2D eigenvalue weighted by molar-refractivity contribution is -0.325. The predicted octanol–water partition coefficient (Wildman–Crippen LogP) is 10.4. The Hall–Kier alpha value is -7.14. The van der Waals surface area contributed by atoms with Crippen LogP contribution in [0.1, 0.15) is 0 Å². The van der Waals surface area contributed by atoms with Gasteiger partial charge in [0.1, 0.15) is 29.4 Å². The molecule has 374 valence electrons. The molecule has 0 atom stereocenters. The summed E-state index contributed by atoms with van der Waals surface area (Å²) in [5, 5.41) is -27.0. The first-order valence-electron chi connectivity index (χ1n) is 18.2. The van der Waals surface area contributed by atoms with E-state index in [1.165, 1.54) is 0 Å². The summed E-state index contributed by atoms with van der Waals surface area (Å²) in [6.45, 7) is 0. The maximum atomic E-state index is 17.3. The lowest BCUT2D eigenvalue weighted by Crippen LogP contribution is -2.79. The Morgan fingerprint density at radius 2 is 0.254 bits per heavy atom. The summed E-state index contributed by atoms with van der Waals surface area (Å²) in [4.78, 5) is 0. The quantitative estimate of drug-likeness (QED) is 0.0788. The van der Waals surface area contributed by atoms with Gasteiger partial charge in [0.15, 0.2) is 140 Å². The summed E-state index contributed by atoms with van der Waals surface area (Å²) in [5.74, 6) is -104. The van der Waals surface area contributed by atoms with Crippen molar-refractivity contribution in [3.63, 3.8) is 0 Å². The molecule has 1 nitrogen and oxygen atoms in total. The SMILES string of the molecule is C[NH3+].Fc1c(F)c(F)c2c([B-](c3c(F)c(F)c(F)c4c(F)c(F)c(F)c(F)c34)(c3c(F)c(F)c(F)c4c(F)c(F)c(F)c(F)c34)c3c(F)c(F)c(F)c4c(F)c(F)c(F)c(F)c34)c(F)c(F)c(F)c2c1F. The van der Waals surface area contributed by atoms with Gasteiger partial charge in [-0.25, -0.2) is 123 Å². The van der Waals surface area contributed by atoms with Gasteiger partial charge in [0.25, 0.3) is 0 Å². The summed E-state index contributed by atoms with van der Waals surface area (Å²) in [6.07, 6.45) is -8.05. The van der Waals surface area contributed by atoms with E-state index in [9.17, 15) is 17.6 Å². The normalized spacial score (nSPS) is 12.1. The Kier molecular flexibility index (Phi) is 12.4. The topological polar surface area (TPSA) is 27.6 Å². The van der Waals surface area contributed by atoms with Gasteiger partial charge in [0.05, 0.1) is 28.6 Å². The van der Waals surface area contributed by atoms with E-state index >= 15 is 105 Å². The van der Waals surface area contributed by atoms with Gasteiger partial charge in [-0.2, -0.15) is 0 Å². The molecule has 0 aliphatic rings. The minimum atomic E-state index is -8.05.